The number of hydrogen-bond acceptors (Lipinski definition) is 4. The SMILES string of the molecule is COc1ccc(C(NCC(=O)N2CCN(c3ccc(F)cc3)CC2)C2CC2)cc1. The van der Waals surface area contributed by atoms with Crippen LogP contribution < -0.4 is 15.0 Å². The Hall–Kier alpha value is -2.60. The predicted octanol–water partition coefficient (Wildman–Crippen LogP) is 3.22. The Labute approximate surface area is 171 Å². The van der Waals surface area contributed by atoms with Crippen LogP contribution in [-0.4, -0.2) is 50.6 Å². The summed E-state index contributed by atoms with van der Waals surface area (Å²) in [6.45, 7) is 3.26. The minimum absolute atomic E-state index is 0.142. The number of amides is 1. The summed E-state index contributed by atoms with van der Waals surface area (Å²) < 4.78 is 18.4. The van der Waals surface area contributed by atoms with E-state index in [1.807, 2.05) is 17.0 Å². The average Bonchev–Trinajstić information content (AvgIpc) is 3.60. The predicted molar refractivity (Wildman–Crippen MR) is 112 cm³/mol. The quantitative estimate of drug-likeness (QED) is 0.779. The molecule has 2 aromatic rings. The molecule has 2 fully saturated rings. The van der Waals surface area contributed by atoms with Crippen LogP contribution in [0, 0.1) is 11.7 Å². The third-order valence-electron chi connectivity index (χ3n) is 5.87. The molecule has 1 saturated carbocycles. The van der Waals surface area contributed by atoms with Crippen LogP contribution in [0.25, 0.3) is 0 Å². The molecule has 1 unspecified atom stereocenters. The number of hydrogen-bond donors (Lipinski definition) is 1. The van der Waals surface area contributed by atoms with E-state index in [0.717, 1.165) is 24.5 Å². The molecule has 4 rings (SSSR count). The number of benzene rings is 2. The van der Waals surface area contributed by atoms with Crippen LogP contribution in [0.3, 0.4) is 0 Å². The average molecular weight is 397 g/mol. The van der Waals surface area contributed by atoms with Gasteiger partial charge < -0.3 is 19.9 Å². The van der Waals surface area contributed by atoms with Crippen LogP contribution in [-0.2, 0) is 4.79 Å². The first-order chi connectivity index (χ1) is 14.1. The zero-order valence-electron chi connectivity index (χ0n) is 16.8. The lowest BCUT2D eigenvalue weighted by molar-refractivity contribution is -0.130. The van der Waals surface area contributed by atoms with Crippen LogP contribution in [0.1, 0.15) is 24.4 Å². The largest absolute Gasteiger partial charge is 0.497 e. The van der Waals surface area contributed by atoms with Crippen molar-refractivity contribution in [3.05, 3.63) is 59.9 Å². The lowest BCUT2D eigenvalue weighted by Crippen LogP contribution is -2.51. The molecule has 0 spiro atoms. The van der Waals surface area contributed by atoms with Gasteiger partial charge in [-0.15, -0.1) is 0 Å². The van der Waals surface area contributed by atoms with Crippen molar-refractivity contribution in [3.63, 3.8) is 0 Å². The maximum absolute atomic E-state index is 13.1. The molecule has 1 N–H and O–H groups in total. The van der Waals surface area contributed by atoms with Crippen molar-refractivity contribution in [3.8, 4) is 5.75 Å². The standard InChI is InChI=1S/C23H28FN3O2/c1-29-21-10-4-18(5-11-21)23(17-2-3-17)25-16-22(28)27-14-12-26(13-15-27)20-8-6-19(24)7-9-20/h4-11,17,23,25H,2-3,12-16H2,1H3. The van der Waals surface area contributed by atoms with Gasteiger partial charge in [0.25, 0.3) is 0 Å². The lowest BCUT2D eigenvalue weighted by atomic mass is 10.0. The van der Waals surface area contributed by atoms with Crippen molar-refractivity contribution in [1.82, 2.24) is 10.2 Å². The summed E-state index contributed by atoms with van der Waals surface area (Å²) >= 11 is 0. The third-order valence-corrected chi connectivity index (χ3v) is 5.87. The Balaban J connectivity index is 1.29. The maximum atomic E-state index is 13.1. The van der Waals surface area contributed by atoms with E-state index in [0.29, 0.717) is 25.6 Å². The van der Waals surface area contributed by atoms with Gasteiger partial charge in [0.05, 0.1) is 13.7 Å². The van der Waals surface area contributed by atoms with Crippen molar-refractivity contribution in [1.29, 1.82) is 0 Å². The second-order valence-electron chi connectivity index (χ2n) is 7.81. The van der Waals surface area contributed by atoms with Crippen molar-refractivity contribution in [2.75, 3.05) is 44.7 Å². The molecule has 1 aliphatic carbocycles. The molecule has 6 heteroatoms. The van der Waals surface area contributed by atoms with Crippen LogP contribution in [0.4, 0.5) is 10.1 Å². The first-order valence-corrected chi connectivity index (χ1v) is 10.3. The van der Waals surface area contributed by atoms with Gasteiger partial charge in [0.2, 0.25) is 5.91 Å². The number of halogens is 1. The summed E-state index contributed by atoms with van der Waals surface area (Å²) in [6, 6.07) is 14.9. The van der Waals surface area contributed by atoms with E-state index in [1.165, 1.54) is 30.5 Å². The van der Waals surface area contributed by atoms with Crippen LogP contribution >= 0.6 is 0 Å². The van der Waals surface area contributed by atoms with E-state index >= 15 is 0 Å². The van der Waals surface area contributed by atoms with E-state index < -0.39 is 0 Å². The maximum Gasteiger partial charge on any atom is 0.236 e. The molecule has 0 bridgehead atoms. The number of rotatable bonds is 7. The van der Waals surface area contributed by atoms with Gasteiger partial charge >= 0.3 is 0 Å². The molecule has 2 aliphatic rings. The van der Waals surface area contributed by atoms with Crippen molar-refractivity contribution >= 4 is 11.6 Å². The summed E-state index contributed by atoms with van der Waals surface area (Å²) in [7, 11) is 1.67. The number of carbonyl (C=O) groups excluding carboxylic acids is 1. The lowest BCUT2D eigenvalue weighted by Gasteiger charge is -2.36. The molecular formula is C23H28FN3O2. The Morgan fingerprint density at radius 1 is 1.07 bits per heavy atom. The summed E-state index contributed by atoms with van der Waals surface area (Å²) in [4.78, 5) is 16.9. The van der Waals surface area contributed by atoms with Gasteiger partial charge in [0.15, 0.2) is 0 Å². The van der Waals surface area contributed by atoms with E-state index in [1.54, 1.807) is 19.2 Å². The number of anilines is 1. The Morgan fingerprint density at radius 2 is 1.72 bits per heavy atom. The van der Waals surface area contributed by atoms with Crippen LogP contribution in [0.2, 0.25) is 0 Å². The van der Waals surface area contributed by atoms with Gasteiger partial charge in [-0.05, 0) is 60.7 Å². The van der Waals surface area contributed by atoms with Crippen LogP contribution in [0.15, 0.2) is 48.5 Å². The number of methoxy groups -OCH3 is 1. The molecule has 1 saturated heterocycles. The fraction of sp³-hybridized carbons (Fsp3) is 0.435. The van der Waals surface area contributed by atoms with Gasteiger partial charge in [-0.3, -0.25) is 4.79 Å². The molecule has 2 aromatic carbocycles. The third kappa shape index (κ3) is 4.88. The highest BCUT2D eigenvalue weighted by molar-refractivity contribution is 5.78. The number of piperazine rings is 1. The van der Waals surface area contributed by atoms with Gasteiger partial charge in [0, 0.05) is 37.9 Å². The fourth-order valence-corrected chi connectivity index (χ4v) is 3.97. The molecule has 1 amide bonds. The zero-order valence-corrected chi connectivity index (χ0v) is 16.8. The van der Waals surface area contributed by atoms with Crippen LogP contribution in [0.5, 0.6) is 5.75 Å². The molecule has 0 radical (unpaired) electrons. The highest BCUT2D eigenvalue weighted by atomic mass is 19.1. The number of nitrogens with one attached hydrogen (secondary N) is 1. The molecule has 5 nitrogen and oxygen atoms in total. The van der Waals surface area contributed by atoms with Crippen molar-refractivity contribution in [2.45, 2.75) is 18.9 Å². The minimum atomic E-state index is -0.226. The van der Waals surface area contributed by atoms with Gasteiger partial charge in [-0.25, -0.2) is 4.39 Å². The number of carbonyl (C=O) groups is 1. The normalized spacial score (nSPS) is 17.9. The number of ether oxygens (including phenoxy) is 1. The van der Waals surface area contributed by atoms with Gasteiger partial charge in [-0.1, -0.05) is 12.1 Å². The molecule has 1 atom stereocenters. The first kappa shape index (κ1) is 19.7. The molecular weight excluding hydrogens is 369 g/mol. The zero-order chi connectivity index (χ0) is 20.2. The van der Waals surface area contributed by atoms with Gasteiger partial charge in [-0.2, -0.15) is 0 Å². The Kier molecular flexibility index (Phi) is 6.00. The smallest absolute Gasteiger partial charge is 0.236 e. The summed E-state index contributed by atoms with van der Waals surface area (Å²) in [5, 5.41) is 3.49. The molecule has 0 aromatic heterocycles. The monoisotopic (exact) mass is 397 g/mol. The first-order valence-electron chi connectivity index (χ1n) is 10.3. The highest BCUT2D eigenvalue weighted by Crippen LogP contribution is 2.41. The summed E-state index contributed by atoms with van der Waals surface area (Å²) in [5.41, 5.74) is 2.21. The van der Waals surface area contributed by atoms with Gasteiger partial charge in [0.1, 0.15) is 11.6 Å². The summed E-state index contributed by atoms with van der Waals surface area (Å²) in [5.74, 6) is 1.36. The second kappa shape index (κ2) is 8.82. The van der Waals surface area contributed by atoms with Crippen molar-refractivity contribution in [2.24, 2.45) is 5.92 Å². The highest BCUT2D eigenvalue weighted by Gasteiger charge is 2.33. The molecule has 1 aliphatic heterocycles. The van der Waals surface area contributed by atoms with E-state index in [-0.39, 0.29) is 17.8 Å². The molecule has 29 heavy (non-hydrogen) atoms. The minimum Gasteiger partial charge on any atom is -0.497 e. The molecule has 154 valence electrons. The van der Waals surface area contributed by atoms with E-state index in [9.17, 15) is 9.18 Å². The summed E-state index contributed by atoms with van der Waals surface area (Å²) in [6.07, 6.45) is 2.41. The van der Waals surface area contributed by atoms with E-state index in [4.69, 9.17) is 4.74 Å². The second-order valence-corrected chi connectivity index (χ2v) is 7.81. The topological polar surface area (TPSA) is 44.8 Å². The molecule has 1 heterocycles. The Bertz CT molecular complexity index is 813. The fourth-order valence-electron chi connectivity index (χ4n) is 3.97. The number of nitrogens with zero attached hydrogens (tertiary/aromatic N) is 2. The van der Waals surface area contributed by atoms with E-state index in [2.05, 4.69) is 22.3 Å². The Morgan fingerprint density at radius 3 is 2.31 bits per heavy atom. The van der Waals surface area contributed by atoms with Crippen molar-refractivity contribution < 1.29 is 13.9 Å².